The first kappa shape index (κ1) is 12.0. The fraction of sp³-hybridized carbons (Fsp3) is 0.778. The summed E-state index contributed by atoms with van der Waals surface area (Å²) < 4.78 is 22.4. The normalized spacial score (nSPS) is 25.5. The zero-order valence-corrected chi connectivity index (χ0v) is 9.94. The van der Waals surface area contributed by atoms with Gasteiger partial charge in [0.25, 0.3) is 0 Å². The zero-order valence-electron chi connectivity index (χ0n) is 8.37. The van der Waals surface area contributed by atoms with Crippen LogP contribution in [0.15, 0.2) is 11.6 Å². The van der Waals surface area contributed by atoms with Crippen molar-refractivity contribution < 1.29 is 8.42 Å². The number of likely N-dealkylation sites (N-methyl/N-ethyl adjacent to an activating group) is 1. The third-order valence-corrected chi connectivity index (χ3v) is 4.29. The lowest BCUT2D eigenvalue weighted by atomic mass is 10.1. The van der Waals surface area contributed by atoms with Crippen molar-refractivity contribution in [1.82, 2.24) is 4.90 Å². The van der Waals surface area contributed by atoms with E-state index in [4.69, 9.17) is 11.6 Å². The predicted octanol–water partition coefficient (Wildman–Crippen LogP) is 1.11. The molecule has 1 saturated heterocycles. The van der Waals surface area contributed by atoms with Gasteiger partial charge in [-0.2, -0.15) is 0 Å². The van der Waals surface area contributed by atoms with E-state index in [2.05, 4.69) is 6.58 Å². The van der Waals surface area contributed by atoms with Crippen molar-refractivity contribution >= 4 is 21.4 Å². The predicted molar refractivity (Wildman–Crippen MR) is 59.3 cm³/mol. The maximum Gasteiger partial charge on any atom is 0.150 e. The molecule has 0 aromatic carbocycles. The lowest BCUT2D eigenvalue weighted by Gasteiger charge is -2.19. The lowest BCUT2D eigenvalue weighted by molar-refractivity contribution is 0.313. The highest BCUT2D eigenvalue weighted by Gasteiger charge is 2.28. The van der Waals surface area contributed by atoms with Gasteiger partial charge < -0.3 is 4.90 Å². The second-order valence-electron chi connectivity index (χ2n) is 3.98. The van der Waals surface area contributed by atoms with Gasteiger partial charge in [-0.15, -0.1) is 0 Å². The Bertz CT molecular complexity index is 313. The number of halogens is 1. The molecule has 1 heterocycles. The summed E-state index contributed by atoms with van der Waals surface area (Å²) >= 11 is 5.66. The van der Waals surface area contributed by atoms with Gasteiger partial charge in [0.05, 0.1) is 11.5 Å². The van der Waals surface area contributed by atoms with E-state index in [-0.39, 0.29) is 5.92 Å². The Labute approximate surface area is 90.7 Å². The molecule has 1 aliphatic rings. The molecule has 0 amide bonds. The fourth-order valence-corrected chi connectivity index (χ4v) is 3.87. The Hall–Kier alpha value is -0.0600. The zero-order chi connectivity index (χ0) is 10.8. The van der Waals surface area contributed by atoms with Crippen molar-refractivity contribution in [2.24, 2.45) is 5.92 Å². The molecule has 0 N–H and O–H groups in total. The molecule has 0 aromatic rings. The van der Waals surface area contributed by atoms with Crippen LogP contribution in [0.1, 0.15) is 6.42 Å². The molecule has 0 saturated carbocycles. The van der Waals surface area contributed by atoms with Crippen molar-refractivity contribution in [2.75, 3.05) is 31.6 Å². The quantitative estimate of drug-likeness (QED) is 0.735. The number of nitrogens with zero attached hydrogens (tertiary/aromatic N) is 1. The van der Waals surface area contributed by atoms with Gasteiger partial charge in [0.1, 0.15) is 0 Å². The molecule has 1 atom stereocenters. The van der Waals surface area contributed by atoms with E-state index < -0.39 is 9.84 Å². The van der Waals surface area contributed by atoms with Gasteiger partial charge >= 0.3 is 0 Å². The van der Waals surface area contributed by atoms with Crippen molar-refractivity contribution in [2.45, 2.75) is 6.42 Å². The van der Waals surface area contributed by atoms with E-state index in [9.17, 15) is 8.42 Å². The topological polar surface area (TPSA) is 37.4 Å². The van der Waals surface area contributed by atoms with E-state index in [0.29, 0.717) is 23.1 Å². The first-order valence-corrected chi connectivity index (χ1v) is 6.81. The second-order valence-corrected chi connectivity index (χ2v) is 6.75. The SMILES string of the molecule is C=C(Cl)CN(C)C[C@@H]1CCS(=O)(=O)C1. The highest BCUT2D eigenvalue weighted by atomic mass is 35.5. The van der Waals surface area contributed by atoms with E-state index in [1.165, 1.54) is 0 Å². The molecule has 5 heteroatoms. The fourth-order valence-electron chi connectivity index (χ4n) is 1.81. The van der Waals surface area contributed by atoms with Gasteiger partial charge in [0.2, 0.25) is 0 Å². The molecule has 1 rings (SSSR count). The van der Waals surface area contributed by atoms with Crippen LogP contribution in [-0.2, 0) is 9.84 Å². The smallest absolute Gasteiger partial charge is 0.150 e. The summed E-state index contributed by atoms with van der Waals surface area (Å²) in [6.45, 7) is 5.01. The molecule has 0 bridgehead atoms. The molecule has 0 aromatic heterocycles. The summed E-state index contributed by atoms with van der Waals surface area (Å²) in [6.07, 6.45) is 0.779. The molecule has 0 radical (unpaired) electrons. The standard InChI is InChI=1S/C9H16ClNO2S/c1-8(10)5-11(2)6-9-3-4-14(12,13)7-9/h9H,1,3-7H2,2H3/t9-/m0/s1. The summed E-state index contributed by atoms with van der Waals surface area (Å²) in [6, 6.07) is 0. The van der Waals surface area contributed by atoms with E-state index in [1.54, 1.807) is 0 Å². The molecule has 0 unspecified atom stereocenters. The Morgan fingerprint density at radius 2 is 2.29 bits per heavy atom. The van der Waals surface area contributed by atoms with Gasteiger partial charge in [-0.05, 0) is 19.4 Å². The first-order valence-electron chi connectivity index (χ1n) is 4.61. The first-order chi connectivity index (χ1) is 6.39. The van der Waals surface area contributed by atoms with Gasteiger partial charge in [0.15, 0.2) is 9.84 Å². The summed E-state index contributed by atoms with van der Waals surface area (Å²) in [5.41, 5.74) is 0. The Kier molecular flexibility index (Phi) is 3.98. The molecule has 14 heavy (non-hydrogen) atoms. The largest absolute Gasteiger partial charge is 0.301 e. The maximum absolute atomic E-state index is 11.2. The van der Waals surface area contributed by atoms with Gasteiger partial charge in [0, 0.05) is 18.1 Å². The van der Waals surface area contributed by atoms with Crippen molar-refractivity contribution in [1.29, 1.82) is 0 Å². The number of rotatable bonds is 4. The summed E-state index contributed by atoms with van der Waals surface area (Å²) in [4.78, 5) is 2.01. The van der Waals surface area contributed by atoms with Crippen LogP contribution in [0, 0.1) is 5.92 Å². The van der Waals surface area contributed by atoms with Gasteiger partial charge in [-0.3, -0.25) is 0 Å². The van der Waals surface area contributed by atoms with Crippen LogP contribution >= 0.6 is 11.6 Å². The van der Waals surface area contributed by atoms with Gasteiger partial charge in [-0.25, -0.2) is 8.42 Å². The van der Waals surface area contributed by atoms with Crippen LogP contribution in [-0.4, -0.2) is 45.0 Å². The number of hydrogen-bond donors (Lipinski definition) is 0. The van der Waals surface area contributed by atoms with E-state index >= 15 is 0 Å². The molecular weight excluding hydrogens is 222 g/mol. The molecule has 82 valence electrons. The minimum absolute atomic E-state index is 0.265. The lowest BCUT2D eigenvalue weighted by Crippen LogP contribution is -2.27. The molecule has 1 fully saturated rings. The molecular formula is C9H16ClNO2S. The van der Waals surface area contributed by atoms with Crippen molar-refractivity contribution in [3.05, 3.63) is 11.6 Å². The van der Waals surface area contributed by atoms with Crippen LogP contribution < -0.4 is 0 Å². The highest BCUT2D eigenvalue weighted by Crippen LogP contribution is 2.19. The van der Waals surface area contributed by atoms with Crippen LogP contribution in [0.2, 0.25) is 0 Å². The minimum Gasteiger partial charge on any atom is -0.301 e. The maximum atomic E-state index is 11.2. The van der Waals surface area contributed by atoms with Crippen LogP contribution in [0.25, 0.3) is 0 Å². The third-order valence-electron chi connectivity index (χ3n) is 2.34. The number of sulfone groups is 1. The third kappa shape index (κ3) is 3.98. The summed E-state index contributed by atoms with van der Waals surface area (Å²) in [5, 5.41) is 0.591. The van der Waals surface area contributed by atoms with E-state index in [1.807, 2.05) is 11.9 Å². The molecule has 0 aliphatic carbocycles. The average molecular weight is 238 g/mol. The van der Waals surface area contributed by atoms with Crippen LogP contribution in [0.4, 0.5) is 0 Å². The Balaban J connectivity index is 2.36. The Morgan fingerprint density at radius 3 is 2.71 bits per heavy atom. The van der Waals surface area contributed by atoms with Gasteiger partial charge in [-0.1, -0.05) is 18.2 Å². The second kappa shape index (κ2) is 4.64. The van der Waals surface area contributed by atoms with Crippen molar-refractivity contribution in [3.8, 4) is 0 Å². The molecule has 3 nitrogen and oxygen atoms in total. The average Bonchev–Trinajstić information content (AvgIpc) is 2.27. The van der Waals surface area contributed by atoms with E-state index in [0.717, 1.165) is 13.0 Å². The minimum atomic E-state index is -2.75. The van der Waals surface area contributed by atoms with Crippen molar-refractivity contribution in [3.63, 3.8) is 0 Å². The van der Waals surface area contributed by atoms with Crippen LogP contribution in [0.3, 0.4) is 0 Å². The van der Waals surface area contributed by atoms with Crippen LogP contribution in [0.5, 0.6) is 0 Å². The monoisotopic (exact) mass is 237 g/mol. The molecule has 0 spiro atoms. The summed E-state index contributed by atoms with van der Waals surface area (Å²) in [5.74, 6) is 0.931. The molecule has 1 aliphatic heterocycles. The number of hydrogen-bond acceptors (Lipinski definition) is 3. The Morgan fingerprint density at radius 1 is 1.64 bits per heavy atom. The summed E-state index contributed by atoms with van der Waals surface area (Å²) in [7, 11) is -0.823. The highest BCUT2D eigenvalue weighted by molar-refractivity contribution is 7.91.